The number of hydrogen-bond donors (Lipinski definition) is 1. The molecular formula is C17H28N2O. The third-order valence-electron chi connectivity index (χ3n) is 4.25. The summed E-state index contributed by atoms with van der Waals surface area (Å²) in [5.41, 5.74) is 9.22. The molecule has 0 spiro atoms. The highest BCUT2D eigenvalue weighted by Gasteiger charge is 2.38. The minimum atomic E-state index is 0.00361. The van der Waals surface area contributed by atoms with Gasteiger partial charge in [0.1, 0.15) is 0 Å². The number of nitrogens with two attached hydrogens (primary N) is 1. The predicted octanol–water partition coefficient (Wildman–Crippen LogP) is 3.28. The molecule has 20 heavy (non-hydrogen) atoms. The Labute approximate surface area is 122 Å². The molecule has 0 aliphatic heterocycles. The van der Waals surface area contributed by atoms with Gasteiger partial charge >= 0.3 is 0 Å². The number of fused-ring (bicyclic) bond motifs is 1. The van der Waals surface area contributed by atoms with Crippen molar-refractivity contribution in [2.75, 3.05) is 6.61 Å². The number of hydrogen-bond acceptors (Lipinski definition) is 3. The van der Waals surface area contributed by atoms with E-state index in [1.807, 2.05) is 19.2 Å². The van der Waals surface area contributed by atoms with Crippen molar-refractivity contribution in [1.82, 2.24) is 4.98 Å². The molecule has 0 aromatic carbocycles. The van der Waals surface area contributed by atoms with Crippen molar-refractivity contribution >= 4 is 0 Å². The Bertz CT molecular complexity index is 439. The van der Waals surface area contributed by atoms with E-state index >= 15 is 0 Å². The second kappa shape index (κ2) is 6.23. The molecule has 3 nitrogen and oxygen atoms in total. The summed E-state index contributed by atoms with van der Waals surface area (Å²) in [7, 11) is 0. The summed E-state index contributed by atoms with van der Waals surface area (Å²) in [4.78, 5) is 4.61. The van der Waals surface area contributed by atoms with Crippen molar-refractivity contribution in [3.63, 3.8) is 0 Å². The smallest absolute Gasteiger partial charge is 0.0780 e. The number of pyridine rings is 1. The molecule has 1 aliphatic carbocycles. The highest BCUT2D eigenvalue weighted by molar-refractivity contribution is 5.27. The molecule has 2 rings (SSSR count). The van der Waals surface area contributed by atoms with Crippen LogP contribution in [0, 0.1) is 5.41 Å². The van der Waals surface area contributed by atoms with Crippen LogP contribution in [0.2, 0.25) is 0 Å². The highest BCUT2D eigenvalue weighted by Crippen LogP contribution is 2.37. The van der Waals surface area contributed by atoms with Crippen molar-refractivity contribution in [3.05, 3.63) is 29.6 Å². The largest absolute Gasteiger partial charge is 0.376 e. The lowest BCUT2D eigenvalue weighted by Crippen LogP contribution is -2.49. The van der Waals surface area contributed by atoms with Gasteiger partial charge in [-0.15, -0.1) is 0 Å². The van der Waals surface area contributed by atoms with E-state index in [1.54, 1.807) is 0 Å². The molecule has 2 N–H and O–H groups in total. The molecule has 1 aliphatic rings. The standard InChI is InChI=1S/C17H28N2O/c1-5-20-16(17(2,3)4)14(18)13-10-6-8-12-9-7-11-19-15(12)13/h7,9,11,13-14,16H,5-6,8,10,18H2,1-4H3. The summed E-state index contributed by atoms with van der Waals surface area (Å²) in [5, 5.41) is 0. The molecule has 3 heteroatoms. The maximum atomic E-state index is 6.61. The Morgan fingerprint density at radius 2 is 2.20 bits per heavy atom. The average molecular weight is 276 g/mol. The van der Waals surface area contributed by atoms with Crippen LogP contribution < -0.4 is 5.73 Å². The topological polar surface area (TPSA) is 48.1 Å². The van der Waals surface area contributed by atoms with Crippen LogP contribution in [0.4, 0.5) is 0 Å². The highest BCUT2D eigenvalue weighted by atomic mass is 16.5. The number of rotatable bonds is 4. The SMILES string of the molecule is CCOC(C(N)C1CCCc2cccnc21)C(C)(C)C. The van der Waals surface area contributed by atoms with Gasteiger partial charge in [0.2, 0.25) is 0 Å². The van der Waals surface area contributed by atoms with Crippen molar-refractivity contribution in [3.8, 4) is 0 Å². The van der Waals surface area contributed by atoms with Gasteiger partial charge in [0.25, 0.3) is 0 Å². The van der Waals surface area contributed by atoms with E-state index in [0.717, 1.165) is 12.8 Å². The number of aromatic nitrogens is 1. The number of nitrogens with zero attached hydrogens (tertiary/aromatic N) is 1. The van der Waals surface area contributed by atoms with Gasteiger partial charge in [-0.25, -0.2) is 0 Å². The summed E-state index contributed by atoms with van der Waals surface area (Å²) < 4.78 is 5.98. The van der Waals surface area contributed by atoms with E-state index in [0.29, 0.717) is 12.5 Å². The first-order valence-corrected chi connectivity index (χ1v) is 7.76. The summed E-state index contributed by atoms with van der Waals surface area (Å²) >= 11 is 0. The summed E-state index contributed by atoms with van der Waals surface area (Å²) in [6, 6.07) is 4.22. The maximum Gasteiger partial charge on any atom is 0.0780 e. The third kappa shape index (κ3) is 3.21. The quantitative estimate of drug-likeness (QED) is 0.918. The molecule has 0 bridgehead atoms. The molecule has 1 aromatic heterocycles. The lowest BCUT2D eigenvalue weighted by atomic mass is 9.74. The van der Waals surface area contributed by atoms with Gasteiger partial charge in [0, 0.05) is 30.5 Å². The van der Waals surface area contributed by atoms with E-state index in [4.69, 9.17) is 10.5 Å². The van der Waals surface area contributed by atoms with E-state index in [2.05, 4.69) is 31.8 Å². The fourth-order valence-electron chi connectivity index (χ4n) is 3.35. The van der Waals surface area contributed by atoms with E-state index in [-0.39, 0.29) is 17.6 Å². The fraction of sp³-hybridized carbons (Fsp3) is 0.706. The lowest BCUT2D eigenvalue weighted by molar-refractivity contribution is -0.0342. The van der Waals surface area contributed by atoms with E-state index in [9.17, 15) is 0 Å². The van der Waals surface area contributed by atoms with Crippen LogP contribution in [0.15, 0.2) is 18.3 Å². The summed E-state index contributed by atoms with van der Waals surface area (Å²) in [6.45, 7) is 9.36. The van der Waals surface area contributed by atoms with Gasteiger partial charge in [0.15, 0.2) is 0 Å². The Kier molecular flexibility index (Phi) is 4.82. The van der Waals surface area contributed by atoms with Gasteiger partial charge in [-0.1, -0.05) is 26.8 Å². The van der Waals surface area contributed by atoms with Crippen LogP contribution in [0.3, 0.4) is 0 Å². The van der Waals surface area contributed by atoms with Gasteiger partial charge in [-0.2, -0.15) is 0 Å². The van der Waals surface area contributed by atoms with Gasteiger partial charge in [-0.05, 0) is 43.2 Å². The fourth-order valence-corrected chi connectivity index (χ4v) is 3.35. The minimum absolute atomic E-state index is 0.00361. The summed E-state index contributed by atoms with van der Waals surface area (Å²) in [5.74, 6) is 0.315. The molecule has 1 heterocycles. The third-order valence-corrected chi connectivity index (χ3v) is 4.25. The van der Waals surface area contributed by atoms with Gasteiger partial charge in [0.05, 0.1) is 6.10 Å². The van der Waals surface area contributed by atoms with Crippen molar-refractivity contribution in [2.45, 2.75) is 65.0 Å². The van der Waals surface area contributed by atoms with E-state index in [1.165, 1.54) is 17.7 Å². The van der Waals surface area contributed by atoms with Crippen molar-refractivity contribution < 1.29 is 4.74 Å². The molecule has 3 unspecified atom stereocenters. The van der Waals surface area contributed by atoms with Crippen LogP contribution >= 0.6 is 0 Å². The average Bonchev–Trinajstić information content (AvgIpc) is 2.42. The first kappa shape index (κ1) is 15.5. The summed E-state index contributed by atoms with van der Waals surface area (Å²) in [6.07, 6.45) is 5.38. The lowest BCUT2D eigenvalue weighted by Gasteiger charge is -2.40. The monoisotopic (exact) mass is 276 g/mol. The molecule has 1 aromatic rings. The zero-order chi connectivity index (χ0) is 14.8. The van der Waals surface area contributed by atoms with Gasteiger partial charge < -0.3 is 10.5 Å². The Morgan fingerprint density at radius 1 is 1.45 bits per heavy atom. The normalized spacial score (nSPS) is 22.1. The maximum absolute atomic E-state index is 6.61. The first-order valence-electron chi connectivity index (χ1n) is 7.76. The minimum Gasteiger partial charge on any atom is -0.376 e. The zero-order valence-electron chi connectivity index (χ0n) is 13.2. The van der Waals surface area contributed by atoms with Crippen molar-refractivity contribution in [1.29, 1.82) is 0 Å². The molecular weight excluding hydrogens is 248 g/mol. The number of ether oxygens (including phenoxy) is 1. The van der Waals surface area contributed by atoms with Crippen LogP contribution in [-0.4, -0.2) is 23.7 Å². The van der Waals surface area contributed by atoms with Crippen LogP contribution in [0.5, 0.6) is 0 Å². The van der Waals surface area contributed by atoms with Crippen LogP contribution in [0.1, 0.15) is 57.7 Å². The molecule has 0 radical (unpaired) electrons. The van der Waals surface area contributed by atoms with Crippen LogP contribution in [0.25, 0.3) is 0 Å². The van der Waals surface area contributed by atoms with Crippen LogP contribution in [-0.2, 0) is 11.2 Å². The zero-order valence-corrected chi connectivity index (χ0v) is 13.2. The van der Waals surface area contributed by atoms with E-state index < -0.39 is 0 Å². The number of aryl methyl sites for hydroxylation is 1. The molecule has 112 valence electrons. The molecule has 0 amide bonds. The molecule has 0 saturated heterocycles. The van der Waals surface area contributed by atoms with Crippen molar-refractivity contribution in [2.24, 2.45) is 11.1 Å². The second-order valence-corrected chi connectivity index (χ2v) is 6.87. The predicted molar refractivity (Wildman–Crippen MR) is 82.8 cm³/mol. The molecule has 0 fully saturated rings. The van der Waals surface area contributed by atoms with Gasteiger partial charge in [-0.3, -0.25) is 4.98 Å². The second-order valence-electron chi connectivity index (χ2n) is 6.87. The Morgan fingerprint density at radius 3 is 2.85 bits per heavy atom. The Hall–Kier alpha value is -0.930. The molecule has 0 saturated carbocycles. The first-order chi connectivity index (χ1) is 9.45. The molecule has 3 atom stereocenters. The Balaban J connectivity index is 2.26.